The van der Waals surface area contributed by atoms with Gasteiger partial charge in [-0.2, -0.15) is 4.57 Å². The molecule has 0 aliphatic rings. The molecule has 0 aliphatic carbocycles. The van der Waals surface area contributed by atoms with Crippen molar-refractivity contribution < 1.29 is 26.5 Å². The lowest BCUT2D eigenvalue weighted by atomic mass is 10.1. The van der Waals surface area contributed by atoms with E-state index in [2.05, 4.69) is 28.3 Å². The van der Waals surface area contributed by atoms with Gasteiger partial charge in [0.25, 0.3) is 5.01 Å². The monoisotopic (exact) mass is 562 g/mol. The first-order chi connectivity index (χ1) is 17.6. The smallest absolute Gasteiger partial charge is 0.268 e. The van der Waals surface area contributed by atoms with Crippen LogP contribution in [0.15, 0.2) is 54.0 Å². The van der Waals surface area contributed by atoms with Crippen LogP contribution >= 0.6 is 22.9 Å². The van der Waals surface area contributed by atoms with E-state index in [1.165, 1.54) is 57.8 Å². The molecule has 0 spiro atoms. The Kier molecular flexibility index (Phi) is 14.7. The standard InChI is InChI=1S/C30H39ClN2O2S.ClH/c1-3-4-5-6-7-8-9-10-11-12-19-35-28-23-26(31)17-16-24(28)22-29(34)32-27-15-13-14-25(21-27)30-33(2)18-20-36-30;/h13-18,20-21,23H,3-12,19,22H2,1-2H3;1H. The van der Waals surface area contributed by atoms with E-state index in [0.29, 0.717) is 17.4 Å². The Morgan fingerprint density at radius 1 is 0.973 bits per heavy atom. The van der Waals surface area contributed by atoms with Gasteiger partial charge in [0.05, 0.1) is 24.0 Å². The molecule has 0 atom stereocenters. The van der Waals surface area contributed by atoms with Gasteiger partial charge in [0, 0.05) is 16.3 Å². The fraction of sp³-hybridized carbons (Fsp3) is 0.467. The van der Waals surface area contributed by atoms with Crippen LogP contribution < -0.4 is 27.0 Å². The van der Waals surface area contributed by atoms with Crippen molar-refractivity contribution in [3.05, 3.63) is 64.6 Å². The Balaban J connectivity index is 0.00000481. The van der Waals surface area contributed by atoms with E-state index in [1.54, 1.807) is 11.3 Å². The number of carbonyl (C=O) groups excluding carboxylic acids is 1. The first-order valence-electron chi connectivity index (χ1n) is 13.3. The van der Waals surface area contributed by atoms with Gasteiger partial charge in [0.15, 0.2) is 6.20 Å². The van der Waals surface area contributed by atoms with Crippen molar-refractivity contribution in [1.82, 2.24) is 0 Å². The summed E-state index contributed by atoms with van der Waals surface area (Å²) in [5, 5.41) is 6.85. The lowest BCUT2D eigenvalue weighted by molar-refractivity contribution is -0.655. The molecule has 0 aliphatic heterocycles. The fourth-order valence-corrected chi connectivity index (χ4v) is 5.32. The number of hydrogen-bond donors (Lipinski definition) is 1. The molecule has 0 fully saturated rings. The zero-order chi connectivity index (χ0) is 25.6. The van der Waals surface area contributed by atoms with E-state index in [0.717, 1.165) is 28.2 Å². The Hall–Kier alpha value is -2.08. The summed E-state index contributed by atoms with van der Waals surface area (Å²) >= 11 is 7.90. The van der Waals surface area contributed by atoms with E-state index in [1.807, 2.05) is 49.6 Å². The van der Waals surface area contributed by atoms with Crippen LogP contribution in [0.2, 0.25) is 5.02 Å². The molecule has 2 aromatic carbocycles. The molecule has 3 rings (SSSR count). The number of benzene rings is 2. The van der Waals surface area contributed by atoms with Crippen molar-refractivity contribution in [3.8, 4) is 16.3 Å². The maximum Gasteiger partial charge on any atom is 0.268 e. The van der Waals surface area contributed by atoms with E-state index < -0.39 is 0 Å². The van der Waals surface area contributed by atoms with Crippen LogP contribution in [0.5, 0.6) is 5.75 Å². The molecule has 202 valence electrons. The molecular formula is C30H40Cl2N2O2S. The molecule has 1 N–H and O–H groups in total. The van der Waals surface area contributed by atoms with Gasteiger partial charge in [0.1, 0.15) is 12.8 Å². The third-order valence-corrected chi connectivity index (χ3v) is 7.55. The van der Waals surface area contributed by atoms with E-state index in [9.17, 15) is 4.79 Å². The van der Waals surface area contributed by atoms with Crippen LogP contribution in [0.25, 0.3) is 10.6 Å². The minimum Gasteiger partial charge on any atom is -1.00 e. The van der Waals surface area contributed by atoms with Crippen LogP contribution in [0.4, 0.5) is 5.69 Å². The summed E-state index contributed by atoms with van der Waals surface area (Å²) < 4.78 is 8.14. The third kappa shape index (κ3) is 11.1. The van der Waals surface area contributed by atoms with Crippen molar-refractivity contribution in [1.29, 1.82) is 0 Å². The second kappa shape index (κ2) is 17.4. The molecule has 1 heterocycles. The number of nitrogens with one attached hydrogen (secondary N) is 1. The number of rotatable bonds is 16. The number of anilines is 1. The van der Waals surface area contributed by atoms with E-state index >= 15 is 0 Å². The zero-order valence-corrected chi connectivity index (χ0v) is 24.4. The van der Waals surface area contributed by atoms with Crippen LogP contribution in [0, 0.1) is 0 Å². The summed E-state index contributed by atoms with van der Waals surface area (Å²) in [7, 11) is 2.02. The van der Waals surface area contributed by atoms with Crippen molar-refractivity contribution in [3.63, 3.8) is 0 Å². The number of hydrogen-bond acceptors (Lipinski definition) is 3. The number of unbranched alkanes of at least 4 members (excludes halogenated alkanes) is 9. The second-order valence-electron chi connectivity index (χ2n) is 9.41. The molecule has 4 nitrogen and oxygen atoms in total. The molecule has 0 saturated carbocycles. The van der Waals surface area contributed by atoms with Crippen LogP contribution in [0.3, 0.4) is 0 Å². The predicted molar refractivity (Wildman–Crippen MR) is 152 cm³/mol. The highest BCUT2D eigenvalue weighted by molar-refractivity contribution is 7.12. The molecule has 7 heteroatoms. The van der Waals surface area contributed by atoms with Crippen molar-refractivity contribution in [2.45, 2.75) is 77.6 Å². The van der Waals surface area contributed by atoms with Crippen molar-refractivity contribution >= 4 is 34.5 Å². The average molecular weight is 564 g/mol. The number of halogens is 2. The van der Waals surface area contributed by atoms with E-state index in [4.69, 9.17) is 16.3 Å². The molecule has 1 aromatic heterocycles. The molecule has 0 radical (unpaired) electrons. The Morgan fingerprint density at radius 3 is 2.35 bits per heavy atom. The van der Waals surface area contributed by atoms with Crippen LogP contribution in [-0.4, -0.2) is 12.5 Å². The minimum absolute atomic E-state index is 0. The van der Waals surface area contributed by atoms with Crippen LogP contribution in [0.1, 0.15) is 76.7 Å². The average Bonchev–Trinajstić information content (AvgIpc) is 3.30. The normalized spacial score (nSPS) is 10.7. The van der Waals surface area contributed by atoms with Crippen LogP contribution in [-0.2, 0) is 18.3 Å². The molecule has 0 bridgehead atoms. The van der Waals surface area contributed by atoms with Gasteiger partial charge >= 0.3 is 0 Å². The van der Waals surface area contributed by atoms with Gasteiger partial charge in [-0.1, -0.05) is 99.8 Å². The maximum atomic E-state index is 12.8. The largest absolute Gasteiger partial charge is 1.00 e. The maximum absolute atomic E-state index is 12.8. The van der Waals surface area contributed by atoms with Gasteiger partial charge in [-0.15, -0.1) is 0 Å². The number of amides is 1. The summed E-state index contributed by atoms with van der Waals surface area (Å²) in [4.78, 5) is 12.8. The molecule has 37 heavy (non-hydrogen) atoms. The number of aromatic nitrogens is 1. The predicted octanol–water partition coefficient (Wildman–Crippen LogP) is 5.38. The lowest BCUT2D eigenvalue weighted by Crippen LogP contribution is -3.00. The highest BCUT2D eigenvalue weighted by Gasteiger charge is 2.14. The number of carbonyl (C=O) groups is 1. The summed E-state index contributed by atoms with van der Waals surface area (Å²) in [5.41, 5.74) is 2.72. The number of thiazole rings is 1. The molecule has 0 saturated heterocycles. The summed E-state index contributed by atoms with van der Waals surface area (Å²) in [6, 6.07) is 13.5. The molecule has 3 aromatic rings. The van der Waals surface area contributed by atoms with Gasteiger partial charge in [-0.25, -0.2) is 0 Å². The van der Waals surface area contributed by atoms with Gasteiger partial charge in [-0.3, -0.25) is 4.79 Å². The number of aryl methyl sites for hydroxylation is 1. The summed E-state index contributed by atoms with van der Waals surface area (Å²) in [6.45, 7) is 2.90. The number of ether oxygens (including phenoxy) is 1. The first-order valence-corrected chi connectivity index (χ1v) is 14.6. The Morgan fingerprint density at radius 2 is 1.68 bits per heavy atom. The Bertz CT molecular complexity index is 1090. The highest BCUT2D eigenvalue weighted by Crippen LogP contribution is 2.26. The molecule has 0 unspecified atom stereocenters. The SMILES string of the molecule is CCCCCCCCCCCCOc1cc(Cl)ccc1CC(=O)Nc1cccc(-c2scc[n+]2C)c1.[Cl-]. The number of nitrogens with zero attached hydrogens (tertiary/aromatic N) is 1. The van der Waals surface area contributed by atoms with Gasteiger partial charge in [-0.05, 0) is 36.8 Å². The van der Waals surface area contributed by atoms with Crippen molar-refractivity contribution in [2.24, 2.45) is 7.05 Å². The fourth-order valence-electron chi connectivity index (χ4n) is 4.30. The van der Waals surface area contributed by atoms with Gasteiger partial charge in [0.2, 0.25) is 5.91 Å². The quantitative estimate of drug-likeness (QED) is 0.188. The van der Waals surface area contributed by atoms with Gasteiger partial charge < -0.3 is 22.5 Å². The highest BCUT2D eigenvalue weighted by atomic mass is 35.5. The summed E-state index contributed by atoms with van der Waals surface area (Å²) in [5.74, 6) is 0.627. The first kappa shape index (κ1) is 31.1. The Labute approximate surface area is 237 Å². The lowest BCUT2D eigenvalue weighted by Gasteiger charge is -2.13. The van der Waals surface area contributed by atoms with E-state index in [-0.39, 0.29) is 24.7 Å². The minimum atomic E-state index is -0.0752. The topological polar surface area (TPSA) is 42.2 Å². The summed E-state index contributed by atoms with van der Waals surface area (Å²) in [6.07, 6.45) is 15.1. The van der Waals surface area contributed by atoms with Crippen molar-refractivity contribution in [2.75, 3.05) is 11.9 Å². The molecular weight excluding hydrogens is 523 g/mol. The second-order valence-corrected chi connectivity index (χ2v) is 10.7. The molecule has 1 amide bonds. The third-order valence-electron chi connectivity index (χ3n) is 6.31. The zero-order valence-electron chi connectivity index (χ0n) is 22.1.